The molecule has 0 atom stereocenters. The highest BCUT2D eigenvalue weighted by molar-refractivity contribution is 5.84. The molecule has 0 saturated heterocycles. The average molecular weight is 250 g/mol. The van der Waals surface area contributed by atoms with Crippen LogP contribution in [0.25, 0.3) is 5.82 Å². The summed E-state index contributed by atoms with van der Waals surface area (Å²) in [7, 11) is 2.67. The molecular weight excluding hydrogens is 240 g/mol. The fraction of sp³-hybridized carbons (Fsp3) is 0.222. The number of hydrogen-bond acceptors (Lipinski definition) is 8. The molecule has 9 nitrogen and oxygen atoms in total. The van der Waals surface area contributed by atoms with E-state index in [1.807, 2.05) is 0 Å². The number of nitrogens with two attached hydrogens (primary N) is 1. The quantitative estimate of drug-likeness (QED) is 0.720. The van der Waals surface area contributed by atoms with Crippen molar-refractivity contribution in [3.05, 3.63) is 18.5 Å². The Morgan fingerprint density at radius 1 is 1.33 bits per heavy atom. The van der Waals surface area contributed by atoms with Crippen molar-refractivity contribution >= 4 is 11.8 Å². The Morgan fingerprint density at radius 3 is 2.78 bits per heavy atom. The number of rotatable bonds is 3. The predicted octanol–water partition coefficient (Wildman–Crippen LogP) is -0.565. The number of hydrogen-bond donors (Lipinski definition) is 1. The van der Waals surface area contributed by atoms with Gasteiger partial charge in [0.15, 0.2) is 5.82 Å². The van der Waals surface area contributed by atoms with Gasteiger partial charge in [0.25, 0.3) is 5.82 Å². The number of aromatic nitrogens is 5. The topological polar surface area (TPSA) is 118 Å². The maximum absolute atomic E-state index is 11.2. The Bertz CT molecular complexity index is 581. The van der Waals surface area contributed by atoms with Gasteiger partial charge in [-0.25, -0.2) is 19.7 Å². The monoisotopic (exact) mass is 250 g/mol. The van der Waals surface area contributed by atoms with Gasteiger partial charge in [-0.15, -0.1) is 5.10 Å². The van der Waals surface area contributed by atoms with Gasteiger partial charge in [-0.05, 0) is 0 Å². The van der Waals surface area contributed by atoms with Crippen molar-refractivity contribution in [2.75, 3.05) is 20.0 Å². The van der Waals surface area contributed by atoms with E-state index in [-0.39, 0.29) is 23.2 Å². The molecule has 2 aromatic rings. The van der Waals surface area contributed by atoms with E-state index >= 15 is 0 Å². The molecule has 2 rings (SSSR count). The van der Waals surface area contributed by atoms with E-state index in [9.17, 15) is 4.79 Å². The molecule has 0 bridgehead atoms. The molecule has 0 radical (unpaired) electrons. The molecule has 9 heteroatoms. The van der Waals surface area contributed by atoms with Crippen molar-refractivity contribution in [1.29, 1.82) is 0 Å². The molecule has 2 N–H and O–H groups in total. The average Bonchev–Trinajstić information content (AvgIpc) is 2.87. The zero-order valence-corrected chi connectivity index (χ0v) is 9.69. The molecule has 0 fully saturated rings. The normalized spacial score (nSPS) is 10.1. The van der Waals surface area contributed by atoms with E-state index in [1.165, 1.54) is 31.6 Å². The molecule has 18 heavy (non-hydrogen) atoms. The van der Waals surface area contributed by atoms with Gasteiger partial charge in [0, 0.05) is 0 Å². The number of anilines is 1. The van der Waals surface area contributed by atoms with Crippen molar-refractivity contribution in [3.63, 3.8) is 0 Å². The first-order chi connectivity index (χ1) is 8.67. The third-order valence-corrected chi connectivity index (χ3v) is 2.09. The van der Waals surface area contributed by atoms with Gasteiger partial charge in [-0.1, -0.05) is 0 Å². The Labute approximate surface area is 102 Å². The summed E-state index contributed by atoms with van der Waals surface area (Å²) in [4.78, 5) is 22.8. The smallest absolute Gasteiger partial charge is 0.377 e. The molecular formula is C9H10N6O3. The predicted molar refractivity (Wildman–Crippen MR) is 59.3 cm³/mol. The van der Waals surface area contributed by atoms with Crippen LogP contribution >= 0.6 is 0 Å². The molecule has 0 spiro atoms. The number of methoxy groups -OCH3 is 2. The third kappa shape index (κ3) is 1.93. The Morgan fingerprint density at radius 2 is 2.11 bits per heavy atom. The number of nitrogen functional groups attached to an aromatic ring is 1. The van der Waals surface area contributed by atoms with Crippen molar-refractivity contribution in [3.8, 4) is 11.6 Å². The first-order valence-electron chi connectivity index (χ1n) is 4.82. The summed E-state index contributed by atoms with van der Waals surface area (Å²) in [5.74, 6) is -0.0319. The number of esters is 1. The maximum atomic E-state index is 11.2. The highest BCUT2D eigenvalue weighted by Crippen LogP contribution is 2.24. The SMILES string of the molecule is COC(=O)c1ncn(-c2ncnc(N)c2OC)n1. The highest BCUT2D eigenvalue weighted by Gasteiger charge is 2.16. The number of ether oxygens (including phenoxy) is 2. The van der Waals surface area contributed by atoms with Gasteiger partial charge < -0.3 is 15.2 Å². The number of carbonyl (C=O) groups excluding carboxylic acids is 1. The third-order valence-electron chi connectivity index (χ3n) is 2.09. The van der Waals surface area contributed by atoms with Crippen molar-refractivity contribution < 1.29 is 14.3 Å². The fourth-order valence-corrected chi connectivity index (χ4v) is 1.29. The van der Waals surface area contributed by atoms with Crippen molar-refractivity contribution in [2.24, 2.45) is 0 Å². The lowest BCUT2D eigenvalue weighted by atomic mass is 10.5. The summed E-state index contributed by atoms with van der Waals surface area (Å²) in [6, 6.07) is 0. The maximum Gasteiger partial charge on any atom is 0.377 e. The van der Waals surface area contributed by atoms with E-state index in [1.54, 1.807) is 0 Å². The second-order valence-electron chi connectivity index (χ2n) is 3.12. The van der Waals surface area contributed by atoms with Crippen LogP contribution in [0.4, 0.5) is 5.82 Å². The summed E-state index contributed by atoms with van der Waals surface area (Å²) >= 11 is 0. The first kappa shape index (κ1) is 11.8. The van der Waals surface area contributed by atoms with E-state index in [4.69, 9.17) is 10.5 Å². The fourth-order valence-electron chi connectivity index (χ4n) is 1.29. The molecule has 0 aliphatic carbocycles. The van der Waals surface area contributed by atoms with Crippen LogP contribution in [-0.4, -0.2) is 44.9 Å². The van der Waals surface area contributed by atoms with Gasteiger partial charge in [0.1, 0.15) is 12.7 Å². The van der Waals surface area contributed by atoms with Crippen LogP contribution in [0.1, 0.15) is 10.6 Å². The van der Waals surface area contributed by atoms with Gasteiger partial charge in [-0.3, -0.25) is 0 Å². The summed E-state index contributed by atoms with van der Waals surface area (Å²) in [6.45, 7) is 0. The molecule has 0 aromatic carbocycles. The van der Waals surface area contributed by atoms with E-state index in [0.29, 0.717) is 0 Å². The standard InChI is InChI=1S/C9H10N6O3/c1-17-5-6(10)11-3-12-8(5)15-4-13-7(14-15)9(16)18-2/h3-4H,1-2H3,(H2,10,11,12). The molecule has 2 aromatic heterocycles. The van der Waals surface area contributed by atoms with Crippen LogP contribution in [0, 0.1) is 0 Å². The number of nitrogens with zero attached hydrogens (tertiary/aromatic N) is 5. The Hall–Kier alpha value is -2.71. The lowest BCUT2D eigenvalue weighted by Gasteiger charge is -2.07. The Kier molecular flexibility index (Phi) is 3.04. The van der Waals surface area contributed by atoms with Crippen LogP contribution in [0.3, 0.4) is 0 Å². The van der Waals surface area contributed by atoms with Gasteiger partial charge in [0.2, 0.25) is 11.6 Å². The summed E-state index contributed by atoms with van der Waals surface area (Å²) in [5, 5.41) is 3.91. The van der Waals surface area contributed by atoms with E-state index in [2.05, 4.69) is 24.8 Å². The second-order valence-corrected chi connectivity index (χ2v) is 3.12. The largest absolute Gasteiger partial charge is 0.490 e. The summed E-state index contributed by atoms with van der Waals surface area (Å²) in [5.41, 5.74) is 5.63. The summed E-state index contributed by atoms with van der Waals surface area (Å²) < 4.78 is 10.8. The van der Waals surface area contributed by atoms with Crippen LogP contribution in [-0.2, 0) is 4.74 Å². The lowest BCUT2D eigenvalue weighted by Crippen LogP contribution is -2.08. The van der Waals surface area contributed by atoms with Crippen LogP contribution in [0.5, 0.6) is 5.75 Å². The minimum absolute atomic E-state index is 0.0864. The molecule has 0 saturated carbocycles. The molecule has 0 unspecified atom stereocenters. The minimum atomic E-state index is -0.644. The highest BCUT2D eigenvalue weighted by atomic mass is 16.5. The zero-order valence-electron chi connectivity index (χ0n) is 9.69. The molecule has 94 valence electrons. The van der Waals surface area contributed by atoms with Gasteiger partial charge >= 0.3 is 5.97 Å². The second kappa shape index (κ2) is 4.65. The minimum Gasteiger partial charge on any atom is -0.490 e. The summed E-state index contributed by atoms with van der Waals surface area (Å²) in [6.07, 6.45) is 2.56. The van der Waals surface area contributed by atoms with Crippen LogP contribution < -0.4 is 10.5 Å². The van der Waals surface area contributed by atoms with Crippen molar-refractivity contribution in [2.45, 2.75) is 0 Å². The van der Waals surface area contributed by atoms with Crippen LogP contribution in [0.2, 0.25) is 0 Å². The zero-order chi connectivity index (χ0) is 13.1. The Balaban J connectivity index is 2.46. The lowest BCUT2D eigenvalue weighted by molar-refractivity contribution is 0.0587. The van der Waals surface area contributed by atoms with E-state index in [0.717, 1.165) is 0 Å². The van der Waals surface area contributed by atoms with Crippen molar-refractivity contribution in [1.82, 2.24) is 24.7 Å². The van der Waals surface area contributed by atoms with Crippen LogP contribution in [0.15, 0.2) is 12.7 Å². The molecule has 0 aliphatic heterocycles. The first-order valence-corrected chi connectivity index (χ1v) is 4.82. The van der Waals surface area contributed by atoms with Gasteiger partial charge in [-0.2, -0.15) is 4.68 Å². The molecule has 0 aliphatic rings. The van der Waals surface area contributed by atoms with E-state index < -0.39 is 5.97 Å². The number of carbonyl (C=O) groups is 1. The molecule has 0 amide bonds. The molecule has 2 heterocycles. The van der Waals surface area contributed by atoms with Gasteiger partial charge in [0.05, 0.1) is 14.2 Å².